The molecular weight excluding hydrogens is 1260 g/mol. The molecule has 0 unspecified atom stereocenters. The van der Waals surface area contributed by atoms with Crippen molar-refractivity contribution in [1.29, 1.82) is 0 Å². The quantitative estimate of drug-likeness (QED) is 0.0117. The second kappa shape index (κ2) is 30.9. The molecule has 0 amide bonds. The Morgan fingerprint density at radius 2 is 1.14 bits per heavy atom. The second-order valence-corrected chi connectivity index (χ2v) is 19.0. The van der Waals surface area contributed by atoms with Crippen LogP contribution in [0.4, 0.5) is 28.4 Å². The molecule has 7 rings (SSSR count). The molecule has 31 heteroatoms. The summed E-state index contributed by atoms with van der Waals surface area (Å²) >= 11 is 13.2. The van der Waals surface area contributed by atoms with E-state index < -0.39 is 39.6 Å². The summed E-state index contributed by atoms with van der Waals surface area (Å²) in [6.07, 6.45) is 3.71. The SMILES string of the molecule is CI.CN=C=S.CSc1nc2ccc(N)cc2c(=O)n1C.CSc1nc2ccc([N+](=O)[O-])cc2c(=O)n1C.Cn1c(=S)[nH]c2ccc([N+](=O)[O-])cc2c1=O.Nc1ccc([N+](=O)[O-])cc1C(=O)O.[Cl][Sn][Cl]. The predicted molar refractivity (Wildman–Crippen MR) is 292 cm³/mol. The van der Waals surface area contributed by atoms with Crippen LogP contribution in [0.5, 0.6) is 0 Å². The number of nitrogens with one attached hydrogen (secondary N) is 1. The average molecular weight is 1300 g/mol. The number of aromatic nitrogens is 6. The van der Waals surface area contributed by atoms with Crippen molar-refractivity contribution < 1.29 is 24.7 Å². The van der Waals surface area contributed by atoms with Gasteiger partial charge in [-0.1, -0.05) is 46.1 Å². The number of H-pyrrole nitrogens is 1. The van der Waals surface area contributed by atoms with Crippen LogP contribution in [0.3, 0.4) is 0 Å². The fraction of sp³-hybridized carbons (Fsp3) is 0.179. The minimum absolute atomic E-state index is 0.0121. The van der Waals surface area contributed by atoms with Crippen LogP contribution >= 0.6 is 88.4 Å². The molecule has 0 aliphatic carbocycles. The van der Waals surface area contributed by atoms with Crippen molar-refractivity contribution >= 4 is 180 Å². The Balaban J connectivity index is 0.000000442. The number of benzene rings is 4. The molecular formula is C39H39Cl2IN12O11S4Sn. The fourth-order valence-corrected chi connectivity index (χ4v) is 6.52. The van der Waals surface area contributed by atoms with E-state index in [1.165, 1.54) is 86.7 Å². The number of carbonyl (C=O) groups is 1. The standard InChI is InChI=1S/C10H9N3O3S.C10H11N3OS.C9H7N3O3S.C7H6N2O4.C2H3NS.CH3I.2ClH.Sn/c1-12-9(14)7-5-6(13(15)16)3-4-8(7)11-10(12)17-2;1-13-9(14)7-5-6(11)3-4-8(7)12-10(13)15-2;1-11-8(13)6-4-5(12(14)15)2-3-7(6)10-9(11)16;8-6-2-1-4(9(12)13)3-5(6)7(10)11;1-3-2-4;1-2;;;/h3-5H,1-2H3;3-5H,11H2,1-2H3;2-4H,1H3,(H,10,16);1-3H,8H2,(H,10,11);1H3;1H3;2*1H;/q;;;;;;;;+2/p-2. The van der Waals surface area contributed by atoms with Gasteiger partial charge in [0.25, 0.3) is 33.7 Å². The summed E-state index contributed by atoms with van der Waals surface area (Å²) < 4.78 is 4.44. The van der Waals surface area contributed by atoms with Gasteiger partial charge in [-0.05, 0) is 78.3 Å². The molecule has 0 spiro atoms. The maximum absolute atomic E-state index is 12.0. The Kier molecular flexibility index (Phi) is 27.5. The van der Waals surface area contributed by atoms with Crippen LogP contribution < -0.4 is 28.1 Å². The van der Waals surface area contributed by atoms with Gasteiger partial charge in [0.2, 0.25) is 0 Å². The Morgan fingerprint density at radius 3 is 1.57 bits per heavy atom. The number of rotatable bonds is 6. The predicted octanol–water partition coefficient (Wildman–Crippen LogP) is 7.95. The number of alkyl halides is 1. The zero-order valence-electron chi connectivity index (χ0n) is 37.4. The molecule has 3 heterocycles. The number of anilines is 2. The van der Waals surface area contributed by atoms with Crippen molar-refractivity contribution in [3.8, 4) is 0 Å². The molecule has 0 bridgehead atoms. The molecule has 0 aliphatic heterocycles. The number of fused-ring (bicyclic) bond motifs is 3. The summed E-state index contributed by atoms with van der Waals surface area (Å²) in [5, 5.41) is 44.5. The molecule has 0 saturated heterocycles. The van der Waals surface area contributed by atoms with Gasteiger partial charge in [-0.15, -0.1) is 0 Å². The molecule has 0 saturated carbocycles. The summed E-state index contributed by atoms with van der Waals surface area (Å²) in [5.74, 6) is -1.28. The number of nitro groups is 3. The van der Waals surface area contributed by atoms with E-state index in [-0.39, 0.29) is 60.5 Å². The minimum atomic E-state index is -1.28. The topological polar surface area (TPSA) is 339 Å². The number of nitrogen functional groups attached to an aromatic ring is 2. The number of thioether (sulfide) groups is 2. The summed E-state index contributed by atoms with van der Waals surface area (Å²) in [6, 6.07) is 16.6. The van der Waals surface area contributed by atoms with E-state index in [1.54, 1.807) is 39.3 Å². The monoisotopic (exact) mass is 1300 g/mol. The van der Waals surface area contributed by atoms with Crippen LogP contribution in [0, 0.1) is 35.1 Å². The molecule has 0 aliphatic rings. The molecule has 70 heavy (non-hydrogen) atoms. The normalized spacial score (nSPS) is 9.69. The Hall–Kier alpha value is -5.60. The van der Waals surface area contributed by atoms with E-state index in [0.717, 1.165) is 12.1 Å². The van der Waals surface area contributed by atoms with Gasteiger partial charge in [-0.2, -0.15) is 0 Å². The van der Waals surface area contributed by atoms with E-state index >= 15 is 0 Å². The zero-order chi connectivity index (χ0) is 53.6. The first-order valence-electron chi connectivity index (χ1n) is 18.5. The number of carboxylic acid groups (broad SMARTS) is 1. The molecule has 2 radical (unpaired) electrons. The molecule has 4 aromatic carbocycles. The molecule has 3 aromatic heterocycles. The maximum atomic E-state index is 12.0. The molecule has 0 atom stereocenters. The van der Waals surface area contributed by atoms with Gasteiger partial charge in [0.05, 0.1) is 58.2 Å². The number of hydrogen-bond donors (Lipinski definition) is 4. The number of aliphatic imine (C=N–C) groups is 1. The third kappa shape index (κ3) is 17.7. The van der Waals surface area contributed by atoms with Crippen LogP contribution in [-0.2, 0) is 21.1 Å². The van der Waals surface area contributed by atoms with Gasteiger partial charge in [-0.3, -0.25) is 58.4 Å². The summed E-state index contributed by atoms with van der Waals surface area (Å²) in [7, 11) is 16.3. The molecule has 6 N–H and O–H groups in total. The Bertz CT molecular complexity index is 3340. The molecule has 23 nitrogen and oxygen atoms in total. The van der Waals surface area contributed by atoms with Crippen molar-refractivity contribution in [1.82, 2.24) is 28.7 Å². The van der Waals surface area contributed by atoms with Crippen molar-refractivity contribution in [3.05, 3.63) is 145 Å². The third-order valence-electron chi connectivity index (χ3n) is 8.52. The van der Waals surface area contributed by atoms with Crippen molar-refractivity contribution in [3.63, 3.8) is 0 Å². The number of nitro benzene ring substituents is 3. The third-order valence-corrected chi connectivity index (χ3v) is 10.5. The van der Waals surface area contributed by atoms with Gasteiger partial charge in [0.1, 0.15) is 0 Å². The number of aromatic carboxylic acids is 1. The van der Waals surface area contributed by atoms with Gasteiger partial charge < -0.3 is 21.6 Å². The van der Waals surface area contributed by atoms with E-state index in [9.17, 15) is 49.5 Å². The van der Waals surface area contributed by atoms with E-state index in [1.807, 2.05) is 17.4 Å². The zero-order valence-corrected chi connectivity index (χ0v) is 47.2. The number of carboxylic acids is 1. The number of halogens is 3. The van der Waals surface area contributed by atoms with E-state index in [4.69, 9.17) is 46.6 Å². The van der Waals surface area contributed by atoms with Crippen LogP contribution in [0.2, 0.25) is 0 Å². The first kappa shape index (κ1) is 62.4. The van der Waals surface area contributed by atoms with Crippen LogP contribution in [0.15, 0.2) is 102 Å². The molecule has 7 aromatic rings. The Labute approximate surface area is 446 Å². The number of aromatic amines is 1. The van der Waals surface area contributed by atoms with Crippen LogP contribution in [0.25, 0.3) is 32.7 Å². The fourth-order valence-electron chi connectivity index (χ4n) is 5.23. The Morgan fingerprint density at radius 1 is 0.757 bits per heavy atom. The number of thiocarbonyl (C=S) groups is 1. The van der Waals surface area contributed by atoms with Crippen molar-refractivity contribution in [2.75, 3.05) is 36.0 Å². The van der Waals surface area contributed by atoms with Crippen molar-refractivity contribution in [2.24, 2.45) is 26.1 Å². The van der Waals surface area contributed by atoms with Crippen LogP contribution in [-0.4, -0.2) is 103 Å². The number of nitrogens with zero attached hydrogens (tertiary/aromatic N) is 9. The van der Waals surface area contributed by atoms with Crippen molar-refractivity contribution in [2.45, 2.75) is 10.3 Å². The van der Waals surface area contributed by atoms with E-state index in [0.29, 0.717) is 37.9 Å². The van der Waals surface area contributed by atoms with Gasteiger partial charge >= 0.3 is 42.7 Å². The summed E-state index contributed by atoms with van der Waals surface area (Å²) in [4.78, 5) is 92.6. The number of non-ortho nitro benzene ring substituents is 3. The van der Waals surface area contributed by atoms with E-state index in [2.05, 4.69) is 59.9 Å². The summed E-state index contributed by atoms with van der Waals surface area (Å²) in [6.45, 7) is 0. The first-order valence-corrected chi connectivity index (χ1v) is 31.1. The second-order valence-electron chi connectivity index (χ2n) is 12.7. The van der Waals surface area contributed by atoms with Crippen LogP contribution in [0.1, 0.15) is 10.4 Å². The first-order chi connectivity index (χ1) is 33.0. The number of isothiocyanates is 1. The van der Waals surface area contributed by atoms with Gasteiger partial charge in [-0.25, -0.2) is 19.8 Å². The molecule has 370 valence electrons. The number of hydrogen-bond acceptors (Lipinski definition) is 19. The molecule has 0 fully saturated rings. The number of nitrogens with two attached hydrogens (primary N) is 2. The average Bonchev–Trinajstić information content (AvgIpc) is 3.34. The van der Waals surface area contributed by atoms with Gasteiger partial charge in [0, 0.05) is 76.0 Å². The van der Waals surface area contributed by atoms with Gasteiger partial charge in [0.15, 0.2) is 15.1 Å². The summed E-state index contributed by atoms with van der Waals surface area (Å²) in [5.41, 5.74) is 11.7.